The largest absolute Gasteiger partial charge is 0.382 e. The average molecular weight is 419 g/mol. The average Bonchev–Trinajstić information content (AvgIpc) is 3.28. The number of methoxy groups -OCH3 is 1. The molecule has 0 radical (unpaired) electrons. The van der Waals surface area contributed by atoms with Gasteiger partial charge in [0.2, 0.25) is 0 Å². The molecule has 3 rings (SSSR count). The number of para-hydroxylation sites is 1. The van der Waals surface area contributed by atoms with E-state index in [0.717, 1.165) is 12.8 Å². The number of carbonyl (C=O) groups is 1. The van der Waals surface area contributed by atoms with Gasteiger partial charge in [-0.1, -0.05) is 24.3 Å². The third kappa shape index (κ3) is 4.95. The topological polar surface area (TPSA) is 84.9 Å². The minimum Gasteiger partial charge on any atom is -0.382 e. The molecule has 0 saturated carbocycles. The molecule has 7 nitrogen and oxygen atoms in total. The van der Waals surface area contributed by atoms with E-state index in [-0.39, 0.29) is 28.5 Å². The van der Waals surface area contributed by atoms with Crippen molar-refractivity contribution < 1.29 is 22.7 Å². The molecule has 0 bridgehead atoms. The van der Waals surface area contributed by atoms with Gasteiger partial charge in [-0.2, -0.15) is 0 Å². The fraction of sp³-hybridized carbons (Fsp3) is 0.381. The van der Waals surface area contributed by atoms with Crippen molar-refractivity contribution in [3.8, 4) is 0 Å². The molecular weight excluding hydrogens is 392 g/mol. The number of sulfonamides is 1. The van der Waals surface area contributed by atoms with Crippen LogP contribution in [0.2, 0.25) is 0 Å². The second-order valence-corrected chi connectivity index (χ2v) is 8.89. The van der Waals surface area contributed by atoms with Crippen molar-refractivity contribution in [2.24, 2.45) is 0 Å². The number of hydrogen-bond acceptors (Lipinski definition) is 5. The summed E-state index contributed by atoms with van der Waals surface area (Å²) in [6, 6.07) is 14.5. The number of hydrogen-bond donors (Lipinski definition) is 1. The maximum atomic E-state index is 13.0. The van der Waals surface area contributed by atoms with Crippen molar-refractivity contribution in [3.05, 3.63) is 60.2 Å². The van der Waals surface area contributed by atoms with E-state index in [9.17, 15) is 13.2 Å². The first-order chi connectivity index (χ1) is 13.9. The van der Waals surface area contributed by atoms with Crippen LogP contribution < -0.4 is 9.62 Å². The molecule has 29 heavy (non-hydrogen) atoms. The van der Waals surface area contributed by atoms with E-state index in [2.05, 4.69) is 5.32 Å². The normalized spacial score (nSPS) is 17.7. The Hall–Kier alpha value is -2.42. The van der Waals surface area contributed by atoms with E-state index in [1.54, 1.807) is 43.5 Å². The molecule has 0 aromatic heterocycles. The molecule has 1 amide bonds. The molecule has 1 saturated heterocycles. The Labute approximate surface area is 171 Å². The number of ether oxygens (including phenoxy) is 2. The molecule has 1 N–H and O–H groups in total. The Morgan fingerprint density at radius 3 is 2.66 bits per heavy atom. The summed E-state index contributed by atoms with van der Waals surface area (Å²) in [5.74, 6) is -0.359. The highest BCUT2D eigenvalue weighted by molar-refractivity contribution is 7.92. The van der Waals surface area contributed by atoms with Gasteiger partial charge in [0.05, 0.1) is 29.3 Å². The lowest BCUT2D eigenvalue weighted by Crippen LogP contribution is -2.46. The molecule has 0 spiro atoms. The number of benzene rings is 2. The van der Waals surface area contributed by atoms with Crippen molar-refractivity contribution in [1.29, 1.82) is 0 Å². The number of nitrogens with one attached hydrogen (secondary N) is 1. The smallest absolute Gasteiger partial charge is 0.264 e. The Balaban J connectivity index is 1.80. The van der Waals surface area contributed by atoms with Crippen LogP contribution in [0, 0.1) is 0 Å². The maximum absolute atomic E-state index is 13.0. The van der Waals surface area contributed by atoms with Gasteiger partial charge in [0.25, 0.3) is 15.9 Å². The van der Waals surface area contributed by atoms with Gasteiger partial charge in [-0.3, -0.25) is 9.10 Å². The van der Waals surface area contributed by atoms with Crippen LogP contribution >= 0.6 is 0 Å². The highest BCUT2D eigenvalue weighted by Crippen LogP contribution is 2.22. The summed E-state index contributed by atoms with van der Waals surface area (Å²) in [5.41, 5.74) is 0.813. The lowest BCUT2D eigenvalue weighted by molar-refractivity contribution is 0.0403. The van der Waals surface area contributed by atoms with Gasteiger partial charge in [-0.15, -0.1) is 0 Å². The van der Waals surface area contributed by atoms with Crippen molar-refractivity contribution in [3.63, 3.8) is 0 Å². The standard InChI is InChI=1S/C21H26N2O5S/c1-23(17-9-4-3-5-10-17)29(25,26)18-11-6-8-16(14-18)21(24)22-19(15-27-2)20-12-7-13-28-20/h3-6,8-11,14,19-20H,7,12-13,15H2,1-2H3,(H,22,24)/t19-,20-/m0/s1. The van der Waals surface area contributed by atoms with Crippen LogP contribution in [-0.4, -0.2) is 53.8 Å². The van der Waals surface area contributed by atoms with Gasteiger partial charge in [0.1, 0.15) is 0 Å². The second kappa shape index (κ2) is 9.39. The number of amides is 1. The fourth-order valence-electron chi connectivity index (χ4n) is 3.33. The van der Waals surface area contributed by atoms with Crippen LogP contribution in [-0.2, 0) is 19.5 Å². The van der Waals surface area contributed by atoms with Crippen molar-refractivity contribution in [2.45, 2.75) is 29.9 Å². The molecule has 2 aromatic carbocycles. The van der Waals surface area contributed by atoms with Crippen molar-refractivity contribution in [2.75, 3.05) is 31.7 Å². The van der Waals surface area contributed by atoms with E-state index in [1.807, 2.05) is 6.07 Å². The van der Waals surface area contributed by atoms with Crippen LogP contribution in [0.1, 0.15) is 23.2 Å². The molecule has 1 heterocycles. The van der Waals surface area contributed by atoms with Crippen molar-refractivity contribution >= 4 is 21.6 Å². The summed E-state index contributed by atoms with van der Waals surface area (Å²) in [6.45, 7) is 0.992. The molecule has 0 aliphatic carbocycles. The predicted molar refractivity (Wildman–Crippen MR) is 111 cm³/mol. The first-order valence-electron chi connectivity index (χ1n) is 9.49. The van der Waals surface area contributed by atoms with Gasteiger partial charge in [-0.05, 0) is 43.2 Å². The van der Waals surface area contributed by atoms with Gasteiger partial charge >= 0.3 is 0 Å². The van der Waals surface area contributed by atoms with E-state index in [1.165, 1.54) is 23.5 Å². The lowest BCUT2D eigenvalue weighted by atomic mass is 10.1. The van der Waals surface area contributed by atoms with Crippen LogP contribution in [0.25, 0.3) is 0 Å². The van der Waals surface area contributed by atoms with E-state index < -0.39 is 10.0 Å². The predicted octanol–water partition coefficient (Wildman–Crippen LogP) is 2.44. The van der Waals surface area contributed by atoms with Crippen LogP contribution in [0.4, 0.5) is 5.69 Å². The SMILES string of the molecule is COC[C@H](NC(=O)c1cccc(S(=O)(=O)N(C)c2ccccc2)c1)[C@@H]1CCCO1. The van der Waals surface area contributed by atoms with Crippen LogP contribution in [0.15, 0.2) is 59.5 Å². The summed E-state index contributed by atoms with van der Waals surface area (Å²) in [5, 5.41) is 2.92. The minimum absolute atomic E-state index is 0.0527. The van der Waals surface area contributed by atoms with Crippen LogP contribution in [0.5, 0.6) is 0 Å². The molecule has 0 unspecified atom stereocenters. The Morgan fingerprint density at radius 1 is 1.24 bits per heavy atom. The molecule has 1 fully saturated rings. The summed E-state index contributed by atoms with van der Waals surface area (Å²) in [4.78, 5) is 12.8. The third-order valence-electron chi connectivity index (χ3n) is 4.95. The molecular formula is C21H26N2O5S. The zero-order valence-electron chi connectivity index (χ0n) is 16.6. The van der Waals surface area contributed by atoms with Gasteiger partial charge in [0, 0.05) is 26.3 Å². The first kappa shape index (κ1) is 21.3. The van der Waals surface area contributed by atoms with Gasteiger partial charge in [-0.25, -0.2) is 8.42 Å². The number of anilines is 1. The second-order valence-electron chi connectivity index (χ2n) is 6.92. The lowest BCUT2D eigenvalue weighted by Gasteiger charge is -2.24. The molecule has 8 heteroatoms. The molecule has 156 valence electrons. The maximum Gasteiger partial charge on any atom is 0.264 e. The summed E-state index contributed by atoms with van der Waals surface area (Å²) in [6.07, 6.45) is 1.69. The molecule has 2 aromatic rings. The van der Waals surface area contributed by atoms with E-state index in [0.29, 0.717) is 18.9 Å². The van der Waals surface area contributed by atoms with Crippen molar-refractivity contribution in [1.82, 2.24) is 5.32 Å². The fourth-order valence-corrected chi connectivity index (χ4v) is 4.57. The Kier molecular flexibility index (Phi) is 6.89. The zero-order chi connectivity index (χ0) is 20.9. The number of rotatable bonds is 8. The van der Waals surface area contributed by atoms with Crippen LogP contribution in [0.3, 0.4) is 0 Å². The summed E-state index contributed by atoms with van der Waals surface area (Å²) >= 11 is 0. The Bertz CT molecular complexity index is 927. The molecule has 1 aliphatic rings. The van der Waals surface area contributed by atoms with E-state index in [4.69, 9.17) is 9.47 Å². The molecule has 2 atom stereocenters. The van der Waals surface area contributed by atoms with E-state index >= 15 is 0 Å². The Morgan fingerprint density at radius 2 is 2.00 bits per heavy atom. The quantitative estimate of drug-likeness (QED) is 0.712. The minimum atomic E-state index is -3.80. The number of nitrogens with zero attached hydrogens (tertiary/aromatic N) is 1. The third-order valence-corrected chi connectivity index (χ3v) is 6.73. The highest BCUT2D eigenvalue weighted by Gasteiger charge is 2.28. The first-order valence-corrected chi connectivity index (χ1v) is 10.9. The summed E-state index contributed by atoms with van der Waals surface area (Å²) < 4.78 is 38.1. The van der Waals surface area contributed by atoms with Gasteiger partial charge < -0.3 is 14.8 Å². The molecule has 1 aliphatic heterocycles. The van der Waals surface area contributed by atoms with Gasteiger partial charge in [0.15, 0.2) is 0 Å². The highest BCUT2D eigenvalue weighted by atomic mass is 32.2. The number of carbonyl (C=O) groups excluding carboxylic acids is 1. The zero-order valence-corrected chi connectivity index (χ0v) is 17.4. The summed E-state index contributed by atoms with van der Waals surface area (Å²) in [7, 11) is -0.739. The monoisotopic (exact) mass is 418 g/mol.